The fourth-order valence-corrected chi connectivity index (χ4v) is 2.43. The van der Waals surface area contributed by atoms with Crippen LogP contribution in [0.4, 0.5) is 5.82 Å². The summed E-state index contributed by atoms with van der Waals surface area (Å²) < 4.78 is 1.05. The molecule has 4 heteroatoms. The molecule has 0 aromatic carbocycles. The van der Waals surface area contributed by atoms with E-state index in [9.17, 15) is 0 Å². The average molecular weight is 290 g/mol. The fourth-order valence-electron chi connectivity index (χ4n) is 1.71. The SMILES string of the molecule is Cc1cc(NCC2CC(Cl)C2)ncc1Br. The number of hydrogen-bond acceptors (Lipinski definition) is 2. The van der Waals surface area contributed by atoms with E-state index < -0.39 is 0 Å². The van der Waals surface area contributed by atoms with E-state index in [1.165, 1.54) is 5.56 Å². The van der Waals surface area contributed by atoms with Crippen LogP contribution in [0.3, 0.4) is 0 Å². The Morgan fingerprint density at radius 2 is 2.33 bits per heavy atom. The van der Waals surface area contributed by atoms with Crippen LogP contribution in [-0.2, 0) is 0 Å². The maximum absolute atomic E-state index is 5.92. The smallest absolute Gasteiger partial charge is 0.126 e. The van der Waals surface area contributed by atoms with E-state index >= 15 is 0 Å². The minimum absolute atomic E-state index is 0.399. The van der Waals surface area contributed by atoms with Crippen LogP contribution >= 0.6 is 27.5 Å². The van der Waals surface area contributed by atoms with Gasteiger partial charge in [0.15, 0.2) is 0 Å². The summed E-state index contributed by atoms with van der Waals surface area (Å²) in [4.78, 5) is 4.30. The predicted octanol–water partition coefficient (Wildman–Crippen LogP) is 3.58. The molecule has 2 rings (SSSR count). The molecule has 1 aliphatic rings. The molecule has 0 atom stereocenters. The van der Waals surface area contributed by atoms with Crippen LogP contribution in [0.1, 0.15) is 18.4 Å². The van der Waals surface area contributed by atoms with Gasteiger partial charge in [0.05, 0.1) is 0 Å². The number of nitrogens with zero attached hydrogens (tertiary/aromatic N) is 1. The first-order valence-corrected chi connectivity index (χ1v) is 6.38. The number of rotatable bonds is 3. The Bertz CT molecular complexity index is 350. The van der Waals surface area contributed by atoms with E-state index in [1.54, 1.807) is 0 Å². The van der Waals surface area contributed by atoms with Crippen molar-refractivity contribution in [3.63, 3.8) is 0 Å². The van der Waals surface area contributed by atoms with Gasteiger partial charge in [0.25, 0.3) is 0 Å². The molecule has 0 aliphatic heterocycles. The monoisotopic (exact) mass is 288 g/mol. The molecule has 1 N–H and O–H groups in total. The third-order valence-corrected chi connectivity index (χ3v) is 3.98. The molecule has 1 aliphatic carbocycles. The average Bonchev–Trinajstić information content (AvgIpc) is 2.16. The molecule has 0 bridgehead atoms. The third kappa shape index (κ3) is 2.85. The normalized spacial score (nSPS) is 24.7. The first-order chi connectivity index (χ1) is 7.15. The van der Waals surface area contributed by atoms with Crippen molar-refractivity contribution in [1.29, 1.82) is 0 Å². The van der Waals surface area contributed by atoms with Crippen LogP contribution in [-0.4, -0.2) is 16.9 Å². The number of alkyl halides is 1. The quantitative estimate of drug-likeness (QED) is 0.860. The van der Waals surface area contributed by atoms with Gasteiger partial charge in [-0.25, -0.2) is 4.98 Å². The van der Waals surface area contributed by atoms with Crippen LogP contribution < -0.4 is 5.32 Å². The van der Waals surface area contributed by atoms with Crippen molar-refractivity contribution < 1.29 is 0 Å². The second kappa shape index (κ2) is 4.71. The van der Waals surface area contributed by atoms with Crippen molar-refractivity contribution in [2.45, 2.75) is 25.1 Å². The maximum Gasteiger partial charge on any atom is 0.126 e. The highest BCUT2D eigenvalue weighted by Gasteiger charge is 2.26. The van der Waals surface area contributed by atoms with Crippen LogP contribution in [0, 0.1) is 12.8 Å². The minimum atomic E-state index is 0.399. The van der Waals surface area contributed by atoms with Gasteiger partial charge in [0.1, 0.15) is 5.82 Å². The molecule has 2 nitrogen and oxygen atoms in total. The molecule has 15 heavy (non-hydrogen) atoms. The standard InChI is InChI=1S/C11H14BrClN2/c1-7-2-11(15-6-10(7)12)14-5-8-3-9(13)4-8/h2,6,8-9H,3-5H2,1H3,(H,14,15). The number of hydrogen-bond donors (Lipinski definition) is 1. The summed E-state index contributed by atoms with van der Waals surface area (Å²) in [7, 11) is 0. The van der Waals surface area contributed by atoms with Gasteiger partial charge in [-0.3, -0.25) is 0 Å². The molecule has 0 amide bonds. The molecular formula is C11H14BrClN2. The Morgan fingerprint density at radius 3 is 2.93 bits per heavy atom. The number of nitrogens with one attached hydrogen (secondary N) is 1. The molecule has 1 aromatic rings. The molecule has 1 aromatic heterocycles. The summed E-state index contributed by atoms with van der Waals surface area (Å²) in [5.74, 6) is 1.67. The van der Waals surface area contributed by atoms with E-state index in [0.29, 0.717) is 5.38 Å². The summed E-state index contributed by atoms with van der Waals surface area (Å²) in [5, 5.41) is 3.74. The molecule has 0 saturated heterocycles. The first-order valence-electron chi connectivity index (χ1n) is 5.15. The Hall–Kier alpha value is -0.280. The number of pyridine rings is 1. The Morgan fingerprint density at radius 1 is 1.60 bits per heavy atom. The predicted molar refractivity (Wildman–Crippen MR) is 67.5 cm³/mol. The summed E-state index contributed by atoms with van der Waals surface area (Å²) in [5.41, 5.74) is 1.20. The van der Waals surface area contributed by atoms with Gasteiger partial charge in [0.2, 0.25) is 0 Å². The van der Waals surface area contributed by atoms with E-state index in [2.05, 4.69) is 39.2 Å². The van der Waals surface area contributed by atoms with Gasteiger partial charge in [-0.2, -0.15) is 0 Å². The van der Waals surface area contributed by atoms with Gasteiger partial charge in [-0.05, 0) is 53.2 Å². The molecule has 1 heterocycles. The van der Waals surface area contributed by atoms with Crippen LogP contribution in [0.5, 0.6) is 0 Å². The summed E-state index contributed by atoms with van der Waals surface area (Å²) >= 11 is 9.36. The molecule has 1 fully saturated rings. The van der Waals surface area contributed by atoms with Gasteiger partial charge < -0.3 is 5.32 Å². The zero-order valence-electron chi connectivity index (χ0n) is 8.63. The summed E-state index contributed by atoms with van der Waals surface area (Å²) in [6.45, 7) is 3.05. The highest BCUT2D eigenvalue weighted by Crippen LogP contribution is 2.31. The van der Waals surface area contributed by atoms with E-state index in [0.717, 1.165) is 35.6 Å². The van der Waals surface area contributed by atoms with E-state index in [4.69, 9.17) is 11.6 Å². The molecule has 0 radical (unpaired) electrons. The number of aromatic nitrogens is 1. The Labute approximate surface area is 104 Å². The largest absolute Gasteiger partial charge is 0.370 e. The highest BCUT2D eigenvalue weighted by molar-refractivity contribution is 9.10. The summed E-state index contributed by atoms with van der Waals surface area (Å²) in [6.07, 6.45) is 4.09. The molecule has 82 valence electrons. The lowest BCUT2D eigenvalue weighted by atomic mass is 9.85. The maximum atomic E-state index is 5.92. The van der Waals surface area contributed by atoms with Crippen molar-refractivity contribution in [3.05, 3.63) is 22.3 Å². The number of anilines is 1. The number of aryl methyl sites for hydroxylation is 1. The topological polar surface area (TPSA) is 24.9 Å². The van der Waals surface area contributed by atoms with Crippen molar-refractivity contribution in [1.82, 2.24) is 4.98 Å². The van der Waals surface area contributed by atoms with Gasteiger partial charge in [0, 0.05) is 22.6 Å². The van der Waals surface area contributed by atoms with Crippen molar-refractivity contribution in [3.8, 4) is 0 Å². The molecule has 1 saturated carbocycles. The fraction of sp³-hybridized carbons (Fsp3) is 0.545. The van der Waals surface area contributed by atoms with Crippen molar-refractivity contribution in [2.75, 3.05) is 11.9 Å². The minimum Gasteiger partial charge on any atom is -0.370 e. The second-order valence-electron chi connectivity index (χ2n) is 4.13. The number of halogens is 2. The Kier molecular flexibility index (Phi) is 3.52. The molecular weight excluding hydrogens is 275 g/mol. The van der Waals surface area contributed by atoms with E-state index in [1.807, 2.05) is 6.20 Å². The second-order valence-corrected chi connectivity index (χ2v) is 5.61. The van der Waals surface area contributed by atoms with E-state index in [-0.39, 0.29) is 0 Å². The third-order valence-electron chi connectivity index (χ3n) is 2.80. The van der Waals surface area contributed by atoms with Gasteiger partial charge in [-0.15, -0.1) is 11.6 Å². The lowest BCUT2D eigenvalue weighted by molar-refractivity contribution is 0.341. The Balaban J connectivity index is 1.86. The lowest BCUT2D eigenvalue weighted by Crippen LogP contribution is -2.30. The highest BCUT2D eigenvalue weighted by atomic mass is 79.9. The van der Waals surface area contributed by atoms with Crippen molar-refractivity contribution in [2.24, 2.45) is 5.92 Å². The first kappa shape index (κ1) is 11.2. The van der Waals surface area contributed by atoms with Crippen molar-refractivity contribution >= 4 is 33.3 Å². The lowest BCUT2D eigenvalue weighted by Gasteiger charge is -2.31. The van der Waals surface area contributed by atoms with Crippen LogP contribution in [0.15, 0.2) is 16.7 Å². The summed E-state index contributed by atoms with van der Waals surface area (Å²) in [6, 6.07) is 2.06. The zero-order chi connectivity index (χ0) is 10.8. The zero-order valence-corrected chi connectivity index (χ0v) is 11.0. The molecule has 0 unspecified atom stereocenters. The van der Waals surface area contributed by atoms with Gasteiger partial charge in [-0.1, -0.05) is 0 Å². The molecule has 0 spiro atoms. The van der Waals surface area contributed by atoms with Crippen LogP contribution in [0.25, 0.3) is 0 Å². The van der Waals surface area contributed by atoms with Gasteiger partial charge >= 0.3 is 0 Å². The van der Waals surface area contributed by atoms with Crippen LogP contribution in [0.2, 0.25) is 0 Å².